The maximum Gasteiger partial charge on any atom is 0.142 e. The molecule has 1 N–H and O–H groups in total. The van der Waals surface area contributed by atoms with Crippen LogP contribution in [0, 0.1) is 5.92 Å². The molecule has 0 saturated heterocycles. The quantitative estimate of drug-likeness (QED) is 0.896. The zero-order chi connectivity index (χ0) is 14.5. The van der Waals surface area contributed by atoms with Crippen molar-refractivity contribution in [1.82, 2.24) is 15.3 Å². The van der Waals surface area contributed by atoms with Gasteiger partial charge in [-0.05, 0) is 30.9 Å². The number of hydrogen-bond donors (Lipinski definition) is 1. The van der Waals surface area contributed by atoms with Crippen molar-refractivity contribution in [2.75, 3.05) is 0 Å². The molecule has 2 atom stereocenters. The van der Waals surface area contributed by atoms with Crippen LogP contribution in [-0.4, -0.2) is 16.0 Å². The average Bonchev–Trinajstić information content (AvgIpc) is 3.03. The van der Waals surface area contributed by atoms with E-state index in [-0.39, 0.29) is 0 Å². The Morgan fingerprint density at radius 3 is 3.10 bits per heavy atom. The van der Waals surface area contributed by atoms with Crippen LogP contribution in [0.25, 0.3) is 10.7 Å². The third-order valence-corrected chi connectivity index (χ3v) is 5.28. The molecule has 2 aromatic rings. The number of nitrogens with one attached hydrogen (secondary N) is 1. The molecule has 3 nitrogen and oxygen atoms in total. The Balaban J connectivity index is 1.55. The molecule has 2 aromatic heterocycles. The molecule has 3 rings (SSSR count). The molecule has 1 saturated carbocycles. The van der Waals surface area contributed by atoms with E-state index in [0.29, 0.717) is 6.04 Å². The van der Waals surface area contributed by atoms with E-state index >= 15 is 0 Å². The molecule has 0 bridgehead atoms. The van der Waals surface area contributed by atoms with Gasteiger partial charge in [-0.25, -0.2) is 4.98 Å². The highest BCUT2D eigenvalue weighted by molar-refractivity contribution is 7.13. The standard InChI is InChI=1S/C17H23N3S/c1-2-13-6-5-7-14(10-13)19-11-15-12-21-17(20-15)16-8-3-4-9-18-16/h3-4,8-9,12-14,19H,2,5-7,10-11H2,1H3. The van der Waals surface area contributed by atoms with Crippen LogP contribution < -0.4 is 5.32 Å². The first-order valence-electron chi connectivity index (χ1n) is 7.94. The lowest BCUT2D eigenvalue weighted by molar-refractivity contribution is 0.278. The van der Waals surface area contributed by atoms with Gasteiger partial charge in [-0.1, -0.05) is 32.3 Å². The minimum atomic E-state index is 0.670. The lowest BCUT2D eigenvalue weighted by atomic mass is 9.84. The maximum atomic E-state index is 4.70. The lowest BCUT2D eigenvalue weighted by Gasteiger charge is -2.29. The number of thiazole rings is 1. The fraction of sp³-hybridized carbons (Fsp3) is 0.529. The minimum absolute atomic E-state index is 0.670. The molecule has 4 heteroatoms. The lowest BCUT2D eigenvalue weighted by Crippen LogP contribution is -2.33. The van der Waals surface area contributed by atoms with Crippen molar-refractivity contribution in [2.24, 2.45) is 5.92 Å². The van der Waals surface area contributed by atoms with E-state index < -0.39 is 0 Å². The first-order chi connectivity index (χ1) is 10.3. The highest BCUT2D eigenvalue weighted by Crippen LogP contribution is 2.27. The molecule has 1 fully saturated rings. The Bertz CT molecular complexity index is 552. The molecule has 0 aliphatic heterocycles. The summed E-state index contributed by atoms with van der Waals surface area (Å²) in [5.74, 6) is 0.913. The van der Waals surface area contributed by atoms with Crippen molar-refractivity contribution in [3.63, 3.8) is 0 Å². The van der Waals surface area contributed by atoms with Gasteiger partial charge in [0.1, 0.15) is 5.01 Å². The van der Waals surface area contributed by atoms with Crippen LogP contribution in [0.1, 0.15) is 44.7 Å². The molecule has 0 spiro atoms. The minimum Gasteiger partial charge on any atom is -0.308 e. The smallest absolute Gasteiger partial charge is 0.142 e. The van der Waals surface area contributed by atoms with Crippen molar-refractivity contribution < 1.29 is 0 Å². The molecule has 0 aromatic carbocycles. The third-order valence-electron chi connectivity index (χ3n) is 4.37. The average molecular weight is 301 g/mol. The first kappa shape index (κ1) is 14.7. The van der Waals surface area contributed by atoms with Gasteiger partial charge < -0.3 is 5.32 Å². The van der Waals surface area contributed by atoms with E-state index in [2.05, 4.69) is 22.6 Å². The zero-order valence-electron chi connectivity index (χ0n) is 12.6. The predicted molar refractivity (Wildman–Crippen MR) is 88.2 cm³/mol. The Hall–Kier alpha value is -1.26. The second kappa shape index (κ2) is 7.14. The van der Waals surface area contributed by atoms with E-state index in [9.17, 15) is 0 Å². The number of nitrogens with zero attached hydrogens (tertiary/aromatic N) is 2. The molecule has 0 radical (unpaired) electrons. The molecular formula is C17H23N3S. The predicted octanol–water partition coefficient (Wildman–Crippen LogP) is 4.26. The van der Waals surface area contributed by atoms with Crippen molar-refractivity contribution in [3.05, 3.63) is 35.5 Å². The fourth-order valence-corrected chi connectivity index (χ4v) is 3.89. The summed E-state index contributed by atoms with van der Waals surface area (Å²) in [7, 11) is 0. The van der Waals surface area contributed by atoms with Crippen LogP contribution in [0.15, 0.2) is 29.8 Å². The second-order valence-electron chi connectivity index (χ2n) is 5.88. The van der Waals surface area contributed by atoms with E-state index in [1.165, 1.54) is 32.1 Å². The summed E-state index contributed by atoms with van der Waals surface area (Å²) < 4.78 is 0. The van der Waals surface area contributed by atoms with Gasteiger partial charge >= 0.3 is 0 Å². The summed E-state index contributed by atoms with van der Waals surface area (Å²) in [5, 5.41) is 6.86. The van der Waals surface area contributed by atoms with Gasteiger partial charge in [0.25, 0.3) is 0 Å². The molecule has 1 aliphatic carbocycles. The van der Waals surface area contributed by atoms with Gasteiger partial charge in [0.15, 0.2) is 0 Å². The fourth-order valence-electron chi connectivity index (χ4n) is 3.09. The summed E-state index contributed by atoms with van der Waals surface area (Å²) in [4.78, 5) is 9.06. The van der Waals surface area contributed by atoms with Crippen LogP contribution in [0.5, 0.6) is 0 Å². The topological polar surface area (TPSA) is 37.8 Å². The van der Waals surface area contributed by atoms with Crippen LogP contribution in [0.3, 0.4) is 0 Å². The Kier molecular flexibility index (Phi) is 4.99. The molecular weight excluding hydrogens is 278 g/mol. The molecule has 112 valence electrons. The number of hydrogen-bond acceptors (Lipinski definition) is 4. The Morgan fingerprint density at radius 2 is 2.29 bits per heavy atom. The van der Waals surface area contributed by atoms with E-state index in [1.807, 2.05) is 24.4 Å². The van der Waals surface area contributed by atoms with Crippen LogP contribution in [0.2, 0.25) is 0 Å². The van der Waals surface area contributed by atoms with Gasteiger partial charge in [-0.2, -0.15) is 0 Å². The van der Waals surface area contributed by atoms with E-state index in [0.717, 1.165) is 28.9 Å². The number of rotatable bonds is 5. The summed E-state index contributed by atoms with van der Waals surface area (Å²) in [6.45, 7) is 3.19. The highest BCUT2D eigenvalue weighted by Gasteiger charge is 2.20. The molecule has 2 unspecified atom stereocenters. The second-order valence-corrected chi connectivity index (χ2v) is 6.74. The van der Waals surface area contributed by atoms with Crippen molar-refractivity contribution in [1.29, 1.82) is 0 Å². The normalized spacial score (nSPS) is 22.3. The van der Waals surface area contributed by atoms with Gasteiger partial charge in [0.05, 0.1) is 11.4 Å². The first-order valence-corrected chi connectivity index (χ1v) is 8.82. The molecule has 0 amide bonds. The van der Waals surface area contributed by atoms with Gasteiger partial charge in [-0.15, -0.1) is 11.3 Å². The summed E-state index contributed by atoms with van der Waals surface area (Å²) in [5.41, 5.74) is 2.11. The van der Waals surface area contributed by atoms with Crippen LogP contribution in [0.4, 0.5) is 0 Å². The van der Waals surface area contributed by atoms with Crippen molar-refractivity contribution >= 4 is 11.3 Å². The zero-order valence-corrected chi connectivity index (χ0v) is 13.4. The van der Waals surface area contributed by atoms with Crippen LogP contribution in [-0.2, 0) is 6.54 Å². The molecule has 21 heavy (non-hydrogen) atoms. The van der Waals surface area contributed by atoms with Gasteiger partial charge in [-0.3, -0.25) is 4.98 Å². The summed E-state index contributed by atoms with van der Waals surface area (Å²) >= 11 is 1.68. The third kappa shape index (κ3) is 3.89. The van der Waals surface area contributed by atoms with Gasteiger partial charge in [0, 0.05) is 24.2 Å². The maximum absolute atomic E-state index is 4.70. The SMILES string of the molecule is CCC1CCCC(NCc2csc(-c3ccccn3)n2)C1. The van der Waals surface area contributed by atoms with E-state index in [4.69, 9.17) is 4.98 Å². The van der Waals surface area contributed by atoms with Crippen LogP contribution >= 0.6 is 11.3 Å². The van der Waals surface area contributed by atoms with E-state index in [1.54, 1.807) is 11.3 Å². The number of pyridine rings is 1. The molecule has 2 heterocycles. The monoisotopic (exact) mass is 301 g/mol. The number of aromatic nitrogens is 2. The van der Waals surface area contributed by atoms with Crippen molar-refractivity contribution in [2.45, 2.75) is 51.6 Å². The molecule has 1 aliphatic rings. The summed E-state index contributed by atoms with van der Waals surface area (Å²) in [6.07, 6.45) is 8.56. The summed E-state index contributed by atoms with van der Waals surface area (Å²) in [6, 6.07) is 6.63. The Labute approximate surface area is 130 Å². The highest BCUT2D eigenvalue weighted by atomic mass is 32.1. The van der Waals surface area contributed by atoms with Gasteiger partial charge in [0.2, 0.25) is 0 Å². The van der Waals surface area contributed by atoms with Crippen molar-refractivity contribution in [3.8, 4) is 10.7 Å². The Morgan fingerprint density at radius 1 is 1.33 bits per heavy atom. The largest absolute Gasteiger partial charge is 0.308 e.